The Hall–Kier alpha value is -1.28. The molecule has 0 aliphatic carbocycles. The molecule has 1 unspecified atom stereocenters. The molecule has 1 aromatic rings. The van der Waals surface area contributed by atoms with Gasteiger partial charge in [0.15, 0.2) is 0 Å². The number of unbranched alkanes of at least 4 members (excludes halogenated alkanes) is 3. The lowest BCUT2D eigenvalue weighted by Gasteiger charge is -2.18. The van der Waals surface area contributed by atoms with E-state index in [0.717, 1.165) is 25.3 Å². The molecule has 2 heteroatoms. The molecule has 0 aromatic heterocycles. The number of ether oxygens (including phenoxy) is 1. The second kappa shape index (κ2) is 10.5. The van der Waals surface area contributed by atoms with Gasteiger partial charge < -0.3 is 10.1 Å². The average Bonchev–Trinajstić information content (AvgIpc) is 2.47. The molecule has 20 heavy (non-hydrogen) atoms. The highest BCUT2D eigenvalue weighted by Gasteiger charge is 2.09. The molecule has 112 valence electrons. The molecule has 0 heterocycles. The van der Waals surface area contributed by atoms with Gasteiger partial charge in [-0.05, 0) is 50.4 Å². The minimum atomic E-state index is 0.458. The van der Waals surface area contributed by atoms with Crippen LogP contribution in [0.5, 0.6) is 5.75 Å². The Morgan fingerprint density at radius 3 is 2.50 bits per heavy atom. The average molecular weight is 275 g/mol. The highest BCUT2D eigenvalue weighted by atomic mass is 16.5. The van der Waals surface area contributed by atoms with Crippen LogP contribution in [0.25, 0.3) is 0 Å². The van der Waals surface area contributed by atoms with Gasteiger partial charge in [0.25, 0.3) is 0 Å². The normalized spacial score (nSPS) is 12.1. The highest BCUT2D eigenvalue weighted by molar-refractivity contribution is 5.29. The van der Waals surface area contributed by atoms with Gasteiger partial charge in [0.2, 0.25) is 0 Å². The Kier molecular flexibility index (Phi) is 8.81. The van der Waals surface area contributed by atoms with E-state index in [0.29, 0.717) is 6.04 Å². The molecule has 0 radical (unpaired) electrons. The van der Waals surface area contributed by atoms with Crippen LogP contribution in [0, 0.1) is 0 Å². The lowest BCUT2D eigenvalue weighted by molar-refractivity contribution is 0.340. The van der Waals surface area contributed by atoms with Crippen molar-refractivity contribution in [3.8, 4) is 5.75 Å². The van der Waals surface area contributed by atoms with Gasteiger partial charge in [-0.2, -0.15) is 0 Å². The van der Waals surface area contributed by atoms with E-state index in [1.54, 1.807) is 0 Å². The first kappa shape index (κ1) is 16.8. The third-order valence-electron chi connectivity index (χ3n) is 3.45. The summed E-state index contributed by atoms with van der Waals surface area (Å²) in [6.07, 6.45) is 8.14. The Labute approximate surface area is 124 Å². The largest absolute Gasteiger partial charge is 0.494 e. The van der Waals surface area contributed by atoms with Crippen LogP contribution < -0.4 is 10.1 Å². The van der Waals surface area contributed by atoms with E-state index in [2.05, 4.69) is 43.1 Å². The van der Waals surface area contributed by atoms with Crippen molar-refractivity contribution in [2.75, 3.05) is 13.2 Å². The van der Waals surface area contributed by atoms with E-state index in [9.17, 15) is 0 Å². The first-order valence-electron chi connectivity index (χ1n) is 7.88. The van der Waals surface area contributed by atoms with Gasteiger partial charge in [0.1, 0.15) is 5.75 Å². The molecule has 1 N–H and O–H groups in total. The summed E-state index contributed by atoms with van der Waals surface area (Å²) in [4.78, 5) is 0. The first-order chi connectivity index (χ1) is 9.81. The van der Waals surface area contributed by atoms with Gasteiger partial charge in [-0.15, -0.1) is 6.58 Å². The zero-order valence-corrected chi connectivity index (χ0v) is 13.0. The SMILES string of the molecule is C=CCCCCCC(NCC)c1ccc(OCC)cc1. The molecule has 1 rings (SSSR count). The zero-order chi connectivity index (χ0) is 14.6. The molecule has 0 saturated heterocycles. The standard InChI is InChI=1S/C18H29NO/c1-4-7-8-9-10-11-18(19-5-2)16-12-14-17(15-13-16)20-6-3/h4,12-15,18-19H,1,5-11H2,2-3H3. The molecule has 0 aliphatic heterocycles. The fourth-order valence-corrected chi connectivity index (χ4v) is 2.41. The number of nitrogens with one attached hydrogen (secondary N) is 1. The van der Waals surface area contributed by atoms with Crippen LogP contribution in [-0.4, -0.2) is 13.2 Å². The van der Waals surface area contributed by atoms with Crippen molar-refractivity contribution >= 4 is 0 Å². The molecule has 0 aliphatic rings. The van der Waals surface area contributed by atoms with Gasteiger partial charge in [0, 0.05) is 6.04 Å². The van der Waals surface area contributed by atoms with Crippen molar-refractivity contribution in [2.24, 2.45) is 0 Å². The third-order valence-corrected chi connectivity index (χ3v) is 3.45. The monoisotopic (exact) mass is 275 g/mol. The molecule has 2 nitrogen and oxygen atoms in total. The van der Waals surface area contributed by atoms with Gasteiger partial charge in [-0.25, -0.2) is 0 Å². The maximum absolute atomic E-state index is 5.50. The highest BCUT2D eigenvalue weighted by Crippen LogP contribution is 2.22. The van der Waals surface area contributed by atoms with Crippen molar-refractivity contribution < 1.29 is 4.74 Å². The maximum atomic E-state index is 5.50. The Balaban J connectivity index is 2.49. The molecule has 1 aromatic carbocycles. The third kappa shape index (κ3) is 6.25. The van der Waals surface area contributed by atoms with Crippen molar-refractivity contribution in [1.82, 2.24) is 5.32 Å². The molecular weight excluding hydrogens is 246 g/mol. The second-order valence-electron chi connectivity index (χ2n) is 5.04. The number of hydrogen-bond acceptors (Lipinski definition) is 2. The van der Waals surface area contributed by atoms with Crippen LogP contribution in [0.15, 0.2) is 36.9 Å². The molecule has 0 spiro atoms. The van der Waals surface area contributed by atoms with Crippen molar-refractivity contribution in [3.63, 3.8) is 0 Å². The maximum Gasteiger partial charge on any atom is 0.119 e. The topological polar surface area (TPSA) is 21.3 Å². The van der Waals surface area contributed by atoms with Gasteiger partial charge >= 0.3 is 0 Å². The van der Waals surface area contributed by atoms with Gasteiger partial charge in [0.05, 0.1) is 6.61 Å². The van der Waals surface area contributed by atoms with Crippen molar-refractivity contribution in [3.05, 3.63) is 42.5 Å². The Bertz CT molecular complexity index is 358. The fourth-order valence-electron chi connectivity index (χ4n) is 2.41. The summed E-state index contributed by atoms with van der Waals surface area (Å²) in [7, 11) is 0. The van der Waals surface area contributed by atoms with Gasteiger partial charge in [-0.3, -0.25) is 0 Å². The predicted octanol–water partition coefficient (Wildman–Crippen LogP) is 4.87. The summed E-state index contributed by atoms with van der Waals surface area (Å²) in [6, 6.07) is 8.96. The lowest BCUT2D eigenvalue weighted by atomic mass is 10.00. The summed E-state index contributed by atoms with van der Waals surface area (Å²) in [5, 5.41) is 3.58. The zero-order valence-electron chi connectivity index (χ0n) is 13.0. The van der Waals surface area contributed by atoms with E-state index < -0.39 is 0 Å². The van der Waals surface area contributed by atoms with Crippen LogP contribution in [0.3, 0.4) is 0 Å². The molecular formula is C18H29NO. The Morgan fingerprint density at radius 2 is 1.90 bits per heavy atom. The number of hydrogen-bond donors (Lipinski definition) is 1. The van der Waals surface area contributed by atoms with E-state index in [4.69, 9.17) is 4.74 Å². The molecule has 0 bridgehead atoms. The summed E-state index contributed by atoms with van der Waals surface area (Å²) in [5.74, 6) is 0.956. The lowest BCUT2D eigenvalue weighted by Crippen LogP contribution is -2.20. The number of allylic oxidation sites excluding steroid dienone is 1. The summed E-state index contributed by atoms with van der Waals surface area (Å²) < 4.78 is 5.50. The molecule has 1 atom stereocenters. The summed E-state index contributed by atoms with van der Waals surface area (Å²) in [5.41, 5.74) is 1.36. The minimum Gasteiger partial charge on any atom is -0.494 e. The fraction of sp³-hybridized carbons (Fsp3) is 0.556. The van der Waals surface area contributed by atoms with Crippen LogP contribution >= 0.6 is 0 Å². The van der Waals surface area contributed by atoms with E-state index >= 15 is 0 Å². The molecule has 0 amide bonds. The number of rotatable bonds is 11. The van der Waals surface area contributed by atoms with Crippen molar-refractivity contribution in [2.45, 2.75) is 52.0 Å². The molecule has 0 fully saturated rings. The summed E-state index contributed by atoms with van der Waals surface area (Å²) in [6.45, 7) is 9.67. The van der Waals surface area contributed by atoms with Gasteiger partial charge in [-0.1, -0.05) is 38.0 Å². The van der Waals surface area contributed by atoms with E-state index in [1.165, 1.54) is 31.2 Å². The van der Waals surface area contributed by atoms with Crippen molar-refractivity contribution in [1.29, 1.82) is 0 Å². The number of benzene rings is 1. The van der Waals surface area contributed by atoms with Crippen LogP contribution in [0.2, 0.25) is 0 Å². The Morgan fingerprint density at radius 1 is 1.15 bits per heavy atom. The minimum absolute atomic E-state index is 0.458. The quantitative estimate of drug-likeness (QED) is 0.459. The van der Waals surface area contributed by atoms with Crippen LogP contribution in [-0.2, 0) is 0 Å². The molecule has 0 saturated carbocycles. The van der Waals surface area contributed by atoms with Crippen LogP contribution in [0.1, 0.15) is 57.6 Å². The first-order valence-corrected chi connectivity index (χ1v) is 7.88. The summed E-state index contributed by atoms with van der Waals surface area (Å²) >= 11 is 0. The van der Waals surface area contributed by atoms with E-state index in [-0.39, 0.29) is 0 Å². The predicted molar refractivity (Wildman–Crippen MR) is 87.3 cm³/mol. The van der Waals surface area contributed by atoms with Crippen LogP contribution in [0.4, 0.5) is 0 Å². The van der Waals surface area contributed by atoms with E-state index in [1.807, 2.05) is 13.0 Å². The second-order valence-corrected chi connectivity index (χ2v) is 5.04. The smallest absolute Gasteiger partial charge is 0.119 e.